The topological polar surface area (TPSA) is 94.2 Å². The largest absolute Gasteiger partial charge is 0.468 e. The number of carbonyl (C=O) groups is 3. The first-order valence-electron chi connectivity index (χ1n) is 12.1. The molecule has 3 heterocycles. The number of nitrogens with one attached hydrogen (secondary N) is 1. The van der Waals surface area contributed by atoms with Gasteiger partial charge in [0.2, 0.25) is 18.6 Å². The van der Waals surface area contributed by atoms with Gasteiger partial charge in [0.25, 0.3) is 0 Å². The van der Waals surface area contributed by atoms with E-state index in [1.807, 2.05) is 72.8 Å². The van der Waals surface area contributed by atoms with Crippen LogP contribution in [0.1, 0.15) is 17.2 Å². The quantitative estimate of drug-likeness (QED) is 0.427. The molecule has 0 radical (unpaired) electrons. The van der Waals surface area contributed by atoms with Gasteiger partial charge in [0.1, 0.15) is 5.54 Å². The van der Waals surface area contributed by atoms with E-state index in [1.54, 1.807) is 0 Å². The van der Waals surface area contributed by atoms with Crippen molar-refractivity contribution in [3.05, 3.63) is 83.9 Å². The summed E-state index contributed by atoms with van der Waals surface area (Å²) < 4.78 is 16.1. The molecule has 3 aromatic rings. The molecule has 0 bridgehead atoms. The number of hydrogen-bond donors (Lipinski definition) is 1. The summed E-state index contributed by atoms with van der Waals surface area (Å²) in [6.07, 6.45) is 0.223. The maximum Gasteiger partial charge on any atom is 0.327 e. The average molecular weight is 499 g/mol. The Balaban J connectivity index is 1.39. The minimum absolute atomic E-state index is 0.208. The van der Waals surface area contributed by atoms with Gasteiger partial charge in [-0.15, -0.1) is 0 Å². The van der Waals surface area contributed by atoms with Crippen molar-refractivity contribution < 1.29 is 28.6 Å². The van der Waals surface area contributed by atoms with Crippen LogP contribution >= 0.6 is 0 Å². The Morgan fingerprint density at radius 1 is 0.973 bits per heavy atom. The first-order chi connectivity index (χ1) is 17.9. The molecule has 2 fully saturated rings. The molecule has 0 aliphatic carbocycles. The third kappa shape index (κ3) is 3.59. The van der Waals surface area contributed by atoms with E-state index in [1.165, 1.54) is 14.2 Å². The summed E-state index contributed by atoms with van der Waals surface area (Å²) in [4.78, 5) is 41.2. The fourth-order valence-electron chi connectivity index (χ4n) is 5.92. The smallest absolute Gasteiger partial charge is 0.327 e. The zero-order valence-corrected chi connectivity index (χ0v) is 20.5. The normalized spacial score (nSPS) is 25.9. The van der Waals surface area contributed by atoms with Crippen LogP contribution in [0.15, 0.2) is 72.8 Å². The van der Waals surface area contributed by atoms with Gasteiger partial charge in [0, 0.05) is 19.5 Å². The highest BCUT2D eigenvalue weighted by Crippen LogP contribution is 2.50. The van der Waals surface area contributed by atoms with Crippen molar-refractivity contribution in [2.24, 2.45) is 11.8 Å². The highest BCUT2D eigenvalue weighted by atomic mass is 16.7. The van der Waals surface area contributed by atoms with Crippen molar-refractivity contribution in [3.63, 3.8) is 0 Å². The molecule has 188 valence electrons. The number of ether oxygens (including phenoxy) is 3. The predicted octanol–water partition coefficient (Wildman–Crippen LogP) is 3.11. The van der Waals surface area contributed by atoms with Crippen molar-refractivity contribution in [3.8, 4) is 22.6 Å². The molecule has 0 spiro atoms. The zero-order chi connectivity index (χ0) is 25.7. The third-order valence-electron chi connectivity index (χ3n) is 7.73. The summed E-state index contributed by atoms with van der Waals surface area (Å²) in [5.74, 6) is -1.42. The monoisotopic (exact) mass is 498 g/mol. The van der Waals surface area contributed by atoms with Crippen molar-refractivity contribution in [2.45, 2.75) is 18.0 Å². The molecular formula is C29H26N2O6. The van der Waals surface area contributed by atoms with Crippen molar-refractivity contribution in [1.82, 2.24) is 10.2 Å². The predicted molar refractivity (Wildman–Crippen MR) is 134 cm³/mol. The van der Waals surface area contributed by atoms with Crippen LogP contribution in [0.2, 0.25) is 0 Å². The fraction of sp³-hybridized carbons (Fsp3) is 0.276. The van der Waals surface area contributed by atoms with Gasteiger partial charge >= 0.3 is 5.97 Å². The lowest BCUT2D eigenvalue weighted by atomic mass is 9.76. The van der Waals surface area contributed by atoms with E-state index in [4.69, 9.17) is 14.2 Å². The van der Waals surface area contributed by atoms with Crippen LogP contribution < -0.4 is 14.8 Å². The molecular weight excluding hydrogens is 472 g/mol. The Hall–Kier alpha value is -4.17. The molecule has 3 aliphatic heterocycles. The molecule has 0 unspecified atom stereocenters. The Morgan fingerprint density at radius 2 is 1.68 bits per heavy atom. The number of carbonyl (C=O) groups excluding carboxylic acids is 3. The van der Waals surface area contributed by atoms with Gasteiger partial charge in [-0.2, -0.15) is 0 Å². The van der Waals surface area contributed by atoms with Crippen LogP contribution in [0, 0.1) is 11.8 Å². The van der Waals surface area contributed by atoms with Gasteiger partial charge < -0.3 is 14.2 Å². The lowest BCUT2D eigenvalue weighted by Gasteiger charge is -2.32. The van der Waals surface area contributed by atoms with E-state index in [2.05, 4.69) is 5.32 Å². The summed E-state index contributed by atoms with van der Waals surface area (Å²) in [6.45, 7) is 0.208. The molecule has 8 heteroatoms. The summed E-state index contributed by atoms with van der Waals surface area (Å²) in [5, 5.41) is 3.42. The van der Waals surface area contributed by atoms with Crippen LogP contribution in [-0.2, 0) is 25.5 Å². The van der Waals surface area contributed by atoms with E-state index in [9.17, 15) is 14.4 Å². The zero-order valence-electron chi connectivity index (χ0n) is 20.5. The summed E-state index contributed by atoms with van der Waals surface area (Å²) >= 11 is 0. The van der Waals surface area contributed by atoms with Gasteiger partial charge in [-0.25, -0.2) is 0 Å². The Kier molecular flexibility index (Phi) is 5.49. The molecule has 2 saturated heterocycles. The Bertz CT molecular complexity index is 1390. The SMILES string of the molecule is COC(=O)[C@]1(Cc2ccccc2)N[C@H](c2ccc(-c3ccc4c(c3)OCO4)cc2)[C@@H]2C(=O)N(C)C(=O)[C@@H]21. The molecule has 6 rings (SSSR count). The fourth-order valence-corrected chi connectivity index (χ4v) is 5.92. The van der Waals surface area contributed by atoms with Crippen molar-refractivity contribution in [1.29, 1.82) is 0 Å². The average Bonchev–Trinajstić information content (AvgIpc) is 3.60. The number of fused-ring (bicyclic) bond motifs is 2. The molecule has 1 N–H and O–H groups in total. The Morgan fingerprint density at radius 3 is 2.41 bits per heavy atom. The summed E-state index contributed by atoms with van der Waals surface area (Å²) in [6, 6.07) is 22.5. The highest BCUT2D eigenvalue weighted by Gasteiger charge is 2.68. The minimum atomic E-state index is -1.38. The van der Waals surface area contributed by atoms with E-state index >= 15 is 0 Å². The summed E-state index contributed by atoms with van der Waals surface area (Å²) in [7, 11) is 2.79. The maximum absolute atomic E-state index is 13.4. The second-order valence-electron chi connectivity index (χ2n) is 9.68. The van der Waals surface area contributed by atoms with Crippen molar-refractivity contribution >= 4 is 17.8 Å². The molecule has 3 aromatic carbocycles. The van der Waals surface area contributed by atoms with Crippen LogP contribution in [0.4, 0.5) is 0 Å². The summed E-state index contributed by atoms with van der Waals surface area (Å²) in [5.41, 5.74) is 2.24. The number of benzene rings is 3. The van der Waals surface area contributed by atoms with Gasteiger partial charge in [-0.1, -0.05) is 60.7 Å². The number of amides is 2. The maximum atomic E-state index is 13.4. The standard InChI is InChI=1S/C29H26N2O6/c1-31-26(32)23-24(27(31)33)29(28(34)35-2,15-17-6-4-3-5-7-17)30-25(23)19-10-8-18(9-11-19)20-12-13-21-22(14-20)37-16-36-21/h3-14,23-25,30H,15-16H2,1-2H3/t23-,24-,25-,29-/m1/s1. The Labute approximate surface area is 214 Å². The van der Waals surface area contributed by atoms with Gasteiger partial charge in [0.05, 0.1) is 18.9 Å². The number of methoxy groups -OCH3 is 1. The second-order valence-corrected chi connectivity index (χ2v) is 9.68. The number of hydrogen-bond acceptors (Lipinski definition) is 7. The number of rotatable bonds is 5. The molecule has 37 heavy (non-hydrogen) atoms. The number of esters is 1. The van der Waals surface area contributed by atoms with Crippen molar-refractivity contribution in [2.75, 3.05) is 21.0 Å². The van der Waals surface area contributed by atoms with E-state index in [0.717, 1.165) is 27.2 Å². The van der Waals surface area contributed by atoms with Gasteiger partial charge in [0.15, 0.2) is 11.5 Å². The third-order valence-corrected chi connectivity index (χ3v) is 7.73. The van der Waals surface area contributed by atoms with Crippen LogP contribution in [0.5, 0.6) is 11.5 Å². The second kappa shape index (κ2) is 8.74. The van der Waals surface area contributed by atoms with Gasteiger partial charge in [-0.05, 0) is 34.4 Å². The van der Waals surface area contributed by atoms with Crippen LogP contribution in [0.25, 0.3) is 11.1 Å². The molecule has 3 aliphatic rings. The van der Waals surface area contributed by atoms with E-state index in [0.29, 0.717) is 11.5 Å². The number of imide groups is 1. The van der Waals surface area contributed by atoms with Gasteiger partial charge in [-0.3, -0.25) is 24.6 Å². The van der Waals surface area contributed by atoms with E-state index in [-0.39, 0.29) is 25.0 Å². The van der Waals surface area contributed by atoms with Crippen LogP contribution in [0.3, 0.4) is 0 Å². The van der Waals surface area contributed by atoms with E-state index < -0.39 is 29.4 Å². The van der Waals surface area contributed by atoms with Crippen LogP contribution in [-0.4, -0.2) is 49.2 Å². The number of likely N-dealkylation sites (tertiary alicyclic amines) is 1. The minimum Gasteiger partial charge on any atom is -0.468 e. The molecule has 2 amide bonds. The molecule has 8 nitrogen and oxygen atoms in total. The highest BCUT2D eigenvalue weighted by molar-refractivity contribution is 6.09. The molecule has 4 atom stereocenters. The number of nitrogens with zero attached hydrogens (tertiary/aromatic N) is 1. The first kappa shape index (κ1) is 23.2. The lowest BCUT2D eigenvalue weighted by molar-refractivity contribution is -0.153. The lowest BCUT2D eigenvalue weighted by Crippen LogP contribution is -2.57. The first-order valence-corrected chi connectivity index (χ1v) is 12.1. The molecule has 0 aromatic heterocycles. The molecule has 0 saturated carbocycles.